The van der Waals surface area contributed by atoms with Crippen LogP contribution in [0.25, 0.3) is 0 Å². The summed E-state index contributed by atoms with van der Waals surface area (Å²) < 4.78 is 5.72. The van der Waals surface area contributed by atoms with Gasteiger partial charge in [-0.3, -0.25) is 0 Å². The maximum Gasteiger partial charge on any atom is 0.337 e. The first-order chi connectivity index (χ1) is 11.2. The Hall–Kier alpha value is -3.27. The van der Waals surface area contributed by atoms with E-state index >= 15 is 0 Å². The molecule has 0 amide bonds. The lowest BCUT2D eigenvalue weighted by molar-refractivity contribution is 0.0698. The van der Waals surface area contributed by atoms with E-state index < -0.39 is 5.97 Å². The molecule has 0 fully saturated rings. The normalized spacial score (nSPS) is 10.1. The topological polar surface area (TPSA) is 58.6 Å². The summed E-state index contributed by atoms with van der Waals surface area (Å²) in [4.78, 5) is 11.2. The molecule has 4 heteroatoms. The number of hydrogen-bond acceptors (Lipinski definition) is 3. The largest absolute Gasteiger partial charge is 0.478 e. The molecular formula is C19H15NO3. The molecule has 0 bridgehead atoms. The summed E-state index contributed by atoms with van der Waals surface area (Å²) in [5.41, 5.74) is 1.58. The number of carbonyl (C=O) groups is 1. The van der Waals surface area contributed by atoms with Gasteiger partial charge in [-0.05, 0) is 48.5 Å². The lowest BCUT2D eigenvalue weighted by Gasteiger charge is -2.10. The zero-order valence-corrected chi connectivity index (χ0v) is 12.3. The molecule has 0 aliphatic heterocycles. The van der Waals surface area contributed by atoms with Gasteiger partial charge in [0.15, 0.2) is 0 Å². The zero-order valence-electron chi connectivity index (χ0n) is 12.3. The second-order valence-corrected chi connectivity index (χ2v) is 4.92. The lowest BCUT2D eigenvalue weighted by atomic mass is 10.1. The van der Waals surface area contributed by atoms with Crippen molar-refractivity contribution in [3.63, 3.8) is 0 Å². The Morgan fingerprint density at radius 3 is 2.09 bits per heavy atom. The Morgan fingerprint density at radius 1 is 0.783 bits per heavy atom. The summed E-state index contributed by atoms with van der Waals surface area (Å²) in [6, 6.07) is 23.7. The molecule has 3 aromatic rings. The third-order valence-corrected chi connectivity index (χ3v) is 3.27. The van der Waals surface area contributed by atoms with E-state index in [-0.39, 0.29) is 5.56 Å². The molecule has 0 saturated carbocycles. The minimum atomic E-state index is -0.961. The third-order valence-electron chi connectivity index (χ3n) is 3.27. The molecule has 0 aliphatic carbocycles. The van der Waals surface area contributed by atoms with Crippen molar-refractivity contribution in [1.29, 1.82) is 0 Å². The van der Waals surface area contributed by atoms with E-state index in [9.17, 15) is 9.90 Å². The molecule has 0 unspecified atom stereocenters. The Labute approximate surface area is 134 Å². The molecular weight excluding hydrogens is 290 g/mol. The molecule has 3 rings (SSSR count). The second kappa shape index (κ2) is 6.66. The predicted molar refractivity (Wildman–Crippen MR) is 89.6 cm³/mol. The van der Waals surface area contributed by atoms with Gasteiger partial charge in [-0.25, -0.2) is 4.79 Å². The van der Waals surface area contributed by atoms with Gasteiger partial charge in [-0.1, -0.05) is 30.3 Å². The van der Waals surface area contributed by atoms with Crippen molar-refractivity contribution < 1.29 is 14.6 Å². The fourth-order valence-corrected chi connectivity index (χ4v) is 2.17. The molecule has 4 nitrogen and oxygen atoms in total. The smallest absolute Gasteiger partial charge is 0.337 e. The lowest BCUT2D eigenvalue weighted by Crippen LogP contribution is -2.02. The summed E-state index contributed by atoms with van der Waals surface area (Å²) >= 11 is 0. The Kier molecular flexibility index (Phi) is 4.25. The summed E-state index contributed by atoms with van der Waals surface area (Å²) in [7, 11) is 0. The third kappa shape index (κ3) is 3.68. The van der Waals surface area contributed by atoms with Crippen LogP contribution in [-0.2, 0) is 0 Å². The van der Waals surface area contributed by atoms with Crippen LogP contribution in [0.2, 0.25) is 0 Å². The SMILES string of the molecule is O=C(O)c1ccccc1Nc1ccc(Oc2ccccc2)cc1. The quantitative estimate of drug-likeness (QED) is 0.702. The van der Waals surface area contributed by atoms with Gasteiger partial charge in [0.05, 0.1) is 11.3 Å². The monoisotopic (exact) mass is 305 g/mol. The molecule has 0 saturated heterocycles. The van der Waals surface area contributed by atoms with E-state index in [0.717, 1.165) is 11.4 Å². The van der Waals surface area contributed by atoms with E-state index in [4.69, 9.17) is 4.74 Å². The standard InChI is InChI=1S/C19H15NO3/c21-19(22)17-8-4-5-9-18(17)20-14-10-12-16(13-11-14)23-15-6-2-1-3-7-15/h1-13,20H,(H,21,22). The van der Waals surface area contributed by atoms with Crippen LogP contribution in [0.1, 0.15) is 10.4 Å². The molecule has 0 atom stereocenters. The Morgan fingerprint density at radius 2 is 1.39 bits per heavy atom. The van der Waals surface area contributed by atoms with Crippen molar-refractivity contribution in [3.05, 3.63) is 84.4 Å². The minimum absolute atomic E-state index is 0.233. The molecule has 2 N–H and O–H groups in total. The maximum atomic E-state index is 11.2. The van der Waals surface area contributed by atoms with Gasteiger partial charge in [0, 0.05) is 5.69 Å². The van der Waals surface area contributed by atoms with E-state index in [0.29, 0.717) is 11.4 Å². The summed E-state index contributed by atoms with van der Waals surface area (Å²) in [6.07, 6.45) is 0. The first-order valence-corrected chi connectivity index (χ1v) is 7.15. The van der Waals surface area contributed by atoms with Crippen molar-refractivity contribution in [2.24, 2.45) is 0 Å². The van der Waals surface area contributed by atoms with Gasteiger partial charge >= 0.3 is 5.97 Å². The first-order valence-electron chi connectivity index (χ1n) is 7.15. The van der Waals surface area contributed by atoms with E-state index in [1.807, 2.05) is 54.6 Å². The number of hydrogen-bond donors (Lipinski definition) is 2. The van der Waals surface area contributed by atoms with Crippen LogP contribution in [-0.4, -0.2) is 11.1 Å². The van der Waals surface area contributed by atoms with Crippen LogP contribution in [0, 0.1) is 0 Å². The molecule has 0 heterocycles. The molecule has 0 aromatic heterocycles. The molecule has 23 heavy (non-hydrogen) atoms. The Balaban J connectivity index is 1.74. The summed E-state index contributed by atoms with van der Waals surface area (Å²) in [5, 5.41) is 12.3. The predicted octanol–water partition coefficient (Wildman–Crippen LogP) is 4.92. The molecule has 114 valence electrons. The van der Waals surface area contributed by atoms with E-state index in [1.165, 1.54) is 0 Å². The minimum Gasteiger partial charge on any atom is -0.478 e. The van der Waals surface area contributed by atoms with Crippen LogP contribution in [0.5, 0.6) is 11.5 Å². The van der Waals surface area contributed by atoms with E-state index in [2.05, 4.69) is 5.32 Å². The highest BCUT2D eigenvalue weighted by atomic mass is 16.5. The van der Waals surface area contributed by atoms with Crippen molar-refractivity contribution in [2.45, 2.75) is 0 Å². The number of nitrogens with one attached hydrogen (secondary N) is 1. The van der Waals surface area contributed by atoms with Gasteiger partial charge in [0.25, 0.3) is 0 Å². The zero-order chi connectivity index (χ0) is 16.1. The van der Waals surface area contributed by atoms with Crippen LogP contribution >= 0.6 is 0 Å². The van der Waals surface area contributed by atoms with Crippen molar-refractivity contribution >= 4 is 17.3 Å². The first kappa shape index (κ1) is 14.7. The van der Waals surface area contributed by atoms with Crippen molar-refractivity contribution in [3.8, 4) is 11.5 Å². The average Bonchev–Trinajstić information content (AvgIpc) is 2.58. The number of aromatic carboxylic acids is 1. The number of carboxylic acid groups (broad SMARTS) is 1. The van der Waals surface area contributed by atoms with Gasteiger partial charge in [-0.2, -0.15) is 0 Å². The van der Waals surface area contributed by atoms with Crippen molar-refractivity contribution in [1.82, 2.24) is 0 Å². The van der Waals surface area contributed by atoms with Crippen LogP contribution in [0.3, 0.4) is 0 Å². The van der Waals surface area contributed by atoms with Gasteiger partial charge < -0.3 is 15.2 Å². The second-order valence-electron chi connectivity index (χ2n) is 4.92. The number of benzene rings is 3. The number of ether oxygens (including phenoxy) is 1. The molecule has 3 aromatic carbocycles. The highest BCUT2D eigenvalue weighted by molar-refractivity contribution is 5.95. The van der Waals surface area contributed by atoms with Crippen LogP contribution in [0.15, 0.2) is 78.9 Å². The highest BCUT2D eigenvalue weighted by Crippen LogP contribution is 2.25. The fourth-order valence-electron chi connectivity index (χ4n) is 2.17. The molecule has 0 aliphatic rings. The summed E-state index contributed by atoms with van der Waals surface area (Å²) in [5.74, 6) is 0.523. The van der Waals surface area contributed by atoms with Gasteiger partial charge in [0.1, 0.15) is 11.5 Å². The number of para-hydroxylation sites is 2. The average molecular weight is 305 g/mol. The number of rotatable bonds is 5. The maximum absolute atomic E-state index is 11.2. The van der Waals surface area contributed by atoms with Crippen molar-refractivity contribution in [2.75, 3.05) is 5.32 Å². The van der Waals surface area contributed by atoms with Gasteiger partial charge in [-0.15, -0.1) is 0 Å². The highest BCUT2D eigenvalue weighted by Gasteiger charge is 2.08. The fraction of sp³-hybridized carbons (Fsp3) is 0. The molecule has 0 spiro atoms. The van der Waals surface area contributed by atoms with Gasteiger partial charge in [0.2, 0.25) is 0 Å². The molecule has 0 radical (unpaired) electrons. The summed E-state index contributed by atoms with van der Waals surface area (Å²) in [6.45, 7) is 0. The number of carboxylic acids is 1. The Bertz CT molecular complexity index is 798. The van der Waals surface area contributed by atoms with E-state index in [1.54, 1.807) is 24.3 Å². The van der Waals surface area contributed by atoms with Crippen LogP contribution < -0.4 is 10.1 Å². The number of anilines is 2. The van der Waals surface area contributed by atoms with Crippen LogP contribution in [0.4, 0.5) is 11.4 Å².